The largest absolute Gasteiger partial charge is 0.353 e. The maximum Gasteiger partial charge on any atom is 0.263 e. The maximum atomic E-state index is 13.5. The third kappa shape index (κ3) is 4.21. The summed E-state index contributed by atoms with van der Waals surface area (Å²) in [5.74, 6) is -0.163. The normalized spacial score (nSPS) is 22.3. The molecular formula is C25H24Cl2N4O2S. The summed E-state index contributed by atoms with van der Waals surface area (Å²) in [6.45, 7) is 5.22. The summed E-state index contributed by atoms with van der Waals surface area (Å²) in [5, 5.41) is 4.92. The molecule has 176 valence electrons. The van der Waals surface area contributed by atoms with Crippen molar-refractivity contribution in [2.75, 3.05) is 19.6 Å². The molecule has 0 spiro atoms. The molecule has 2 aromatic rings. The average Bonchev–Trinajstić information content (AvgIpc) is 3.36. The van der Waals surface area contributed by atoms with Crippen molar-refractivity contribution in [1.29, 1.82) is 0 Å². The molecule has 6 nitrogen and oxygen atoms in total. The molecule has 0 aliphatic carbocycles. The molecule has 0 aromatic heterocycles. The Labute approximate surface area is 213 Å². The summed E-state index contributed by atoms with van der Waals surface area (Å²) in [6, 6.07) is 15.3. The first-order valence-electron chi connectivity index (χ1n) is 11.2. The van der Waals surface area contributed by atoms with Gasteiger partial charge in [0.05, 0.1) is 12.6 Å². The molecule has 2 amide bonds. The number of thioether (sulfide) groups is 1. The van der Waals surface area contributed by atoms with Crippen LogP contribution in [0.4, 0.5) is 0 Å². The summed E-state index contributed by atoms with van der Waals surface area (Å²) in [7, 11) is 0. The Kier molecular flexibility index (Phi) is 6.35. The van der Waals surface area contributed by atoms with Crippen LogP contribution in [0.2, 0.25) is 10.0 Å². The SMILES string of the molecule is CC(C)C1=C(C(=O)N2CCNC(=O)C2)SC2=NC(c3ccc(Cl)cc3)C(c3ccc(Cl)cc3)N21. The van der Waals surface area contributed by atoms with Crippen molar-refractivity contribution >= 4 is 51.9 Å². The minimum atomic E-state index is -0.160. The number of hydrogen-bond donors (Lipinski definition) is 1. The van der Waals surface area contributed by atoms with E-state index in [1.807, 2.05) is 48.5 Å². The van der Waals surface area contributed by atoms with Gasteiger partial charge < -0.3 is 15.1 Å². The molecular weight excluding hydrogens is 491 g/mol. The van der Waals surface area contributed by atoms with Crippen molar-refractivity contribution in [3.63, 3.8) is 0 Å². The van der Waals surface area contributed by atoms with Gasteiger partial charge in [0.2, 0.25) is 5.91 Å². The van der Waals surface area contributed by atoms with E-state index in [1.165, 1.54) is 11.8 Å². The Morgan fingerprint density at radius 3 is 2.26 bits per heavy atom. The van der Waals surface area contributed by atoms with Crippen LogP contribution in [-0.2, 0) is 9.59 Å². The van der Waals surface area contributed by atoms with E-state index in [1.54, 1.807) is 4.90 Å². The molecule has 2 unspecified atom stereocenters. The third-order valence-electron chi connectivity index (χ3n) is 6.21. The predicted octanol–water partition coefficient (Wildman–Crippen LogP) is 5.02. The van der Waals surface area contributed by atoms with Gasteiger partial charge in [-0.25, -0.2) is 0 Å². The lowest BCUT2D eigenvalue weighted by Gasteiger charge is -2.32. The minimum Gasteiger partial charge on any atom is -0.353 e. The van der Waals surface area contributed by atoms with E-state index >= 15 is 0 Å². The average molecular weight is 515 g/mol. The Morgan fingerprint density at radius 1 is 1.06 bits per heavy atom. The summed E-state index contributed by atoms with van der Waals surface area (Å²) in [4.78, 5) is 35.0. The number of aliphatic imine (C=N–C) groups is 1. The fourth-order valence-electron chi connectivity index (χ4n) is 4.65. The van der Waals surface area contributed by atoms with Crippen LogP contribution in [0.5, 0.6) is 0 Å². The molecule has 9 heteroatoms. The van der Waals surface area contributed by atoms with Gasteiger partial charge in [0.1, 0.15) is 10.9 Å². The number of fused-ring (bicyclic) bond motifs is 1. The highest BCUT2D eigenvalue weighted by Gasteiger charge is 2.47. The van der Waals surface area contributed by atoms with E-state index in [0.29, 0.717) is 28.0 Å². The second kappa shape index (κ2) is 9.29. The lowest BCUT2D eigenvalue weighted by molar-refractivity contribution is -0.135. The summed E-state index contributed by atoms with van der Waals surface area (Å²) < 4.78 is 0. The van der Waals surface area contributed by atoms with Crippen LogP contribution in [0.15, 0.2) is 64.1 Å². The van der Waals surface area contributed by atoms with Crippen LogP contribution in [0.25, 0.3) is 0 Å². The topological polar surface area (TPSA) is 65.0 Å². The molecule has 3 aliphatic rings. The van der Waals surface area contributed by atoms with Crippen molar-refractivity contribution in [2.45, 2.75) is 25.9 Å². The molecule has 5 rings (SSSR count). The quantitative estimate of drug-likeness (QED) is 0.621. The number of hydrogen-bond acceptors (Lipinski definition) is 5. The first-order chi connectivity index (χ1) is 16.3. The summed E-state index contributed by atoms with van der Waals surface area (Å²) >= 11 is 13.7. The molecule has 3 heterocycles. The maximum absolute atomic E-state index is 13.5. The highest BCUT2D eigenvalue weighted by atomic mass is 35.5. The number of halogens is 2. The first-order valence-corrected chi connectivity index (χ1v) is 12.8. The lowest BCUT2D eigenvalue weighted by atomic mass is 9.92. The number of carbonyl (C=O) groups is 2. The molecule has 0 bridgehead atoms. The predicted molar refractivity (Wildman–Crippen MR) is 137 cm³/mol. The van der Waals surface area contributed by atoms with Gasteiger partial charge in [0.25, 0.3) is 5.91 Å². The van der Waals surface area contributed by atoms with Crippen LogP contribution in [0.1, 0.15) is 37.1 Å². The number of amidine groups is 1. The van der Waals surface area contributed by atoms with E-state index in [0.717, 1.165) is 22.0 Å². The fraction of sp³-hybridized carbons (Fsp3) is 0.320. The van der Waals surface area contributed by atoms with Gasteiger partial charge in [-0.3, -0.25) is 14.6 Å². The molecule has 0 radical (unpaired) electrons. The number of carbonyl (C=O) groups excluding carboxylic acids is 2. The van der Waals surface area contributed by atoms with E-state index in [4.69, 9.17) is 28.2 Å². The van der Waals surface area contributed by atoms with Crippen LogP contribution in [0, 0.1) is 5.92 Å². The van der Waals surface area contributed by atoms with Gasteiger partial charge in [-0.2, -0.15) is 0 Å². The van der Waals surface area contributed by atoms with Gasteiger partial charge in [-0.1, -0.05) is 61.3 Å². The van der Waals surface area contributed by atoms with Crippen molar-refractivity contribution in [3.05, 3.63) is 80.3 Å². The van der Waals surface area contributed by atoms with E-state index < -0.39 is 0 Å². The van der Waals surface area contributed by atoms with Gasteiger partial charge >= 0.3 is 0 Å². The van der Waals surface area contributed by atoms with E-state index in [2.05, 4.69) is 24.1 Å². The zero-order valence-corrected chi connectivity index (χ0v) is 21.1. The molecule has 34 heavy (non-hydrogen) atoms. The molecule has 1 N–H and O–H groups in total. The molecule has 2 atom stereocenters. The first kappa shape index (κ1) is 23.3. The molecule has 2 aromatic carbocycles. The van der Waals surface area contributed by atoms with Gasteiger partial charge in [-0.15, -0.1) is 0 Å². The molecule has 0 saturated carbocycles. The number of piperazine rings is 1. The molecule has 1 fully saturated rings. The Hall–Kier alpha value is -2.48. The Bertz CT molecular complexity index is 1190. The smallest absolute Gasteiger partial charge is 0.263 e. The number of benzene rings is 2. The second-order valence-electron chi connectivity index (χ2n) is 8.82. The molecule has 3 aliphatic heterocycles. The third-order valence-corrected chi connectivity index (χ3v) is 7.78. The minimum absolute atomic E-state index is 0.0781. The fourth-order valence-corrected chi connectivity index (χ4v) is 6.22. The monoisotopic (exact) mass is 514 g/mol. The van der Waals surface area contributed by atoms with Crippen molar-refractivity contribution in [2.24, 2.45) is 10.9 Å². The summed E-state index contributed by atoms with van der Waals surface area (Å²) in [6.07, 6.45) is 0. The second-order valence-corrected chi connectivity index (χ2v) is 10.7. The van der Waals surface area contributed by atoms with E-state index in [-0.39, 0.29) is 36.4 Å². The van der Waals surface area contributed by atoms with Crippen LogP contribution in [0.3, 0.4) is 0 Å². The van der Waals surface area contributed by atoms with Crippen LogP contribution >= 0.6 is 35.0 Å². The number of rotatable bonds is 4. The van der Waals surface area contributed by atoms with Crippen LogP contribution in [-0.4, -0.2) is 46.4 Å². The van der Waals surface area contributed by atoms with Gasteiger partial charge in [0, 0.05) is 28.8 Å². The van der Waals surface area contributed by atoms with E-state index in [9.17, 15) is 9.59 Å². The highest BCUT2D eigenvalue weighted by molar-refractivity contribution is 8.18. The van der Waals surface area contributed by atoms with Gasteiger partial charge in [-0.05, 0) is 53.1 Å². The number of nitrogens with zero attached hydrogens (tertiary/aromatic N) is 3. The number of allylic oxidation sites excluding steroid dienone is 1. The Morgan fingerprint density at radius 2 is 1.68 bits per heavy atom. The standard InChI is InChI=1S/C25H24Cl2N4O2S/c1-14(2)21-23(24(33)30-12-11-28-19(32)13-30)34-25-29-20(15-3-7-17(26)8-4-15)22(31(21)25)16-5-9-18(27)10-6-16/h3-10,14,20,22H,11-13H2,1-2H3,(H,28,32). The lowest BCUT2D eigenvalue weighted by Crippen LogP contribution is -2.50. The molecule has 1 saturated heterocycles. The highest BCUT2D eigenvalue weighted by Crippen LogP contribution is 2.53. The van der Waals surface area contributed by atoms with Crippen LogP contribution < -0.4 is 5.32 Å². The number of amides is 2. The van der Waals surface area contributed by atoms with Crippen molar-refractivity contribution in [3.8, 4) is 0 Å². The van der Waals surface area contributed by atoms with Gasteiger partial charge in [0.15, 0.2) is 5.17 Å². The zero-order chi connectivity index (χ0) is 24.0. The zero-order valence-electron chi connectivity index (χ0n) is 18.8. The van der Waals surface area contributed by atoms with Crippen molar-refractivity contribution < 1.29 is 9.59 Å². The number of nitrogens with one attached hydrogen (secondary N) is 1. The van der Waals surface area contributed by atoms with Crippen molar-refractivity contribution in [1.82, 2.24) is 15.1 Å². The Balaban J connectivity index is 1.58. The summed E-state index contributed by atoms with van der Waals surface area (Å²) in [5.41, 5.74) is 3.06.